The molecule has 0 spiro atoms. The monoisotopic (exact) mass is 505 g/mol. The summed E-state index contributed by atoms with van der Waals surface area (Å²) in [5.41, 5.74) is 3.47. The summed E-state index contributed by atoms with van der Waals surface area (Å²) in [6.07, 6.45) is 4.51. The Morgan fingerprint density at radius 2 is 1.65 bits per heavy atom. The molecule has 0 saturated heterocycles. The van der Waals surface area contributed by atoms with Gasteiger partial charge in [-0.1, -0.05) is 24.8 Å². The minimum atomic E-state index is -0.772. The second-order valence-corrected chi connectivity index (χ2v) is 10.0. The Morgan fingerprint density at radius 1 is 0.973 bits per heavy atom. The van der Waals surface area contributed by atoms with E-state index in [0.29, 0.717) is 34.8 Å². The molecule has 1 saturated carbocycles. The molecular weight excluding hydrogens is 473 g/mol. The third kappa shape index (κ3) is 4.87. The highest BCUT2D eigenvalue weighted by Crippen LogP contribution is 2.48. The Balaban J connectivity index is 1.52. The van der Waals surface area contributed by atoms with E-state index >= 15 is 0 Å². The van der Waals surface area contributed by atoms with Crippen molar-refractivity contribution in [1.29, 1.82) is 0 Å². The Bertz CT molecular complexity index is 1250. The van der Waals surface area contributed by atoms with Crippen LogP contribution in [0.1, 0.15) is 61.5 Å². The molecule has 0 bridgehead atoms. The number of ether oxygens (including phenoxy) is 3. The van der Waals surface area contributed by atoms with Crippen molar-refractivity contribution in [2.75, 3.05) is 14.2 Å². The molecule has 0 amide bonds. The smallest absolute Gasteiger partial charge is 0.316 e. The van der Waals surface area contributed by atoms with Crippen molar-refractivity contribution in [3.8, 4) is 11.5 Å². The van der Waals surface area contributed by atoms with Crippen LogP contribution in [0.15, 0.2) is 66.0 Å². The van der Waals surface area contributed by atoms with Gasteiger partial charge in [0.2, 0.25) is 0 Å². The van der Waals surface area contributed by atoms with Gasteiger partial charge in [0, 0.05) is 29.3 Å². The number of Topliss-reactive ketones (excluding diaryl/α,β-unsaturated/α-hetero) is 1. The van der Waals surface area contributed by atoms with E-state index in [-0.39, 0.29) is 36.0 Å². The van der Waals surface area contributed by atoms with Crippen LogP contribution in [0.5, 0.6) is 11.5 Å². The van der Waals surface area contributed by atoms with E-state index in [1.807, 2.05) is 18.2 Å². The number of benzene rings is 2. The molecule has 1 N–H and O–H groups in total. The highest BCUT2D eigenvalue weighted by molar-refractivity contribution is 6.01. The first-order valence-electron chi connectivity index (χ1n) is 12.8. The molecule has 3 aliphatic rings. The molecule has 0 radical (unpaired) electrons. The molecule has 3 atom stereocenters. The van der Waals surface area contributed by atoms with Crippen LogP contribution in [0.2, 0.25) is 0 Å². The summed E-state index contributed by atoms with van der Waals surface area (Å²) < 4.78 is 30.5. The fourth-order valence-corrected chi connectivity index (χ4v) is 5.94. The lowest BCUT2D eigenvalue weighted by Crippen LogP contribution is -2.42. The van der Waals surface area contributed by atoms with E-state index in [9.17, 15) is 14.0 Å². The van der Waals surface area contributed by atoms with Crippen molar-refractivity contribution in [3.63, 3.8) is 0 Å². The molecule has 2 aromatic carbocycles. The van der Waals surface area contributed by atoms with E-state index < -0.39 is 11.8 Å². The van der Waals surface area contributed by atoms with Crippen molar-refractivity contribution in [1.82, 2.24) is 5.32 Å². The molecule has 37 heavy (non-hydrogen) atoms. The molecule has 5 rings (SSSR count). The number of carbonyl (C=O) groups excluding carboxylic acids is 2. The molecular formula is C30H32FNO5. The van der Waals surface area contributed by atoms with Gasteiger partial charge in [-0.15, -0.1) is 0 Å². The lowest BCUT2D eigenvalue weighted by atomic mass is 9.69. The van der Waals surface area contributed by atoms with E-state index in [0.717, 1.165) is 36.9 Å². The average molecular weight is 506 g/mol. The largest absolute Gasteiger partial charge is 0.493 e. The minimum absolute atomic E-state index is 0.0472. The third-order valence-corrected chi connectivity index (χ3v) is 7.79. The van der Waals surface area contributed by atoms with Gasteiger partial charge in [-0.2, -0.15) is 0 Å². The Hall–Kier alpha value is -3.61. The molecule has 1 heterocycles. The lowest BCUT2D eigenvalue weighted by molar-refractivity contribution is -0.153. The number of nitrogens with one attached hydrogen (secondary N) is 1. The molecule has 2 aromatic rings. The lowest BCUT2D eigenvalue weighted by Gasteiger charge is -2.40. The summed E-state index contributed by atoms with van der Waals surface area (Å²) in [6.45, 7) is 4.18. The van der Waals surface area contributed by atoms with Crippen LogP contribution in [-0.4, -0.2) is 32.1 Å². The predicted molar refractivity (Wildman–Crippen MR) is 137 cm³/mol. The van der Waals surface area contributed by atoms with Gasteiger partial charge in [-0.25, -0.2) is 4.39 Å². The SMILES string of the molecule is C=C1NC2=C(C(=O)CC(c3ccc(OC)c(OC)c3)C2)C(c2ccc(F)cc2)C1C(=O)OC1CCCC1. The highest BCUT2D eigenvalue weighted by Gasteiger charge is 2.46. The zero-order valence-electron chi connectivity index (χ0n) is 21.2. The molecule has 3 unspecified atom stereocenters. The maximum atomic E-state index is 13.8. The zero-order valence-corrected chi connectivity index (χ0v) is 21.2. The number of ketones is 1. The number of hydrogen-bond donors (Lipinski definition) is 1. The Labute approximate surface area is 216 Å². The first-order chi connectivity index (χ1) is 17.9. The maximum absolute atomic E-state index is 13.8. The topological polar surface area (TPSA) is 73.9 Å². The van der Waals surface area contributed by atoms with Gasteiger partial charge in [-0.05, 0) is 73.4 Å². The zero-order chi connectivity index (χ0) is 26.1. The Morgan fingerprint density at radius 3 is 2.32 bits per heavy atom. The fraction of sp³-hybridized carbons (Fsp3) is 0.400. The van der Waals surface area contributed by atoms with Crippen molar-refractivity contribution >= 4 is 11.8 Å². The number of rotatable bonds is 6. The minimum Gasteiger partial charge on any atom is -0.493 e. The van der Waals surface area contributed by atoms with Gasteiger partial charge in [0.25, 0.3) is 0 Å². The van der Waals surface area contributed by atoms with Crippen LogP contribution >= 0.6 is 0 Å². The van der Waals surface area contributed by atoms with Gasteiger partial charge >= 0.3 is 5.97 Å². The van der Waals surface area contributed by atoms with Gasteiger partial charge in [0.05, 0.1) is 14.2 Å². The van der Waals surface area contributed by atoms with Crippen LogP contribution < -0.4 is 14.8 Å². The molecule has 0 aromatic heterocycles. The highest BCUT2D eigenvalue weighted by atomic mass is 19.1. The van der Waals surface area contributed by atoms with Crippen LogP contribution in [-0.2, 0) is 14.3 Å². The Kier molecular flexibility index (Phi) is 7.04. The first-order valence-corrected chi connectivity index (χ1v) is 12.8. The van der Waals surface area contributed by atoms with Crippen LogP contribution in [0.4, 0.5) is 4.39 Å². The average Bonchev–Trinajstić information content (AvgIpc) is 3.40. The summed E-state index contributed by atoms with van der Waals surface area (Å²) in [4.78, 5) is 27.2. The van der Waals surface area contributed by atoms with Crippen molar-refractivity contribution < 1.29 is 28.2 Å². The molecule has 6 nitrogen and oxygen atoms in total. The normalized spacial score (nSPS) is 23.9. The second kappa shape index (κ2) is 10.4. The van der Waals surface area contributed by atoms with Crippen LogP contribution in [0.3, 0.4) is 0 Å². The molecule has 2 aliphatic carbocycles. The molecule has 194 valence electrons. The van der Waals surface area contributed by atoms with Gasteiger partial charge in [0.15, 0.2) is 17.3 Å². The van der Waals surface area contributed by atoms with Crippen molar-refractivity contribution in [2.24, 2.45) is 5.92 Å². The van der Waals surface area contributed by atoms with Gasteiger partial charge < -0.3 is 19.5 Å². The number of esters is 1. The van der Waals surface area contributed by atoms with E-state index in [1.165, 1.54) is 12.1 Å². The van der Waals surface area contributed by atoms with E-state index in [2.05, 4.69) is 11.9 Å². The number of carbonyl (C=O) groups is 2. The summed E-state index contributed by atoms with van der Waals surface area (Å²) in [5, 5.41) is 3.30. The number of halogens is 1. The summed E-state index contributed by atoms with van der Waals surface area (Å²) in [6, 6.07) is 11.7. The van der Waals surface area contributed by atoms with Gasteiger partial charge in [0.1, 0.15) is 17.8 Å². The van der Waals surface area contributed by atoms with Crippen molar-refractivity contribution in [2.45, 2.75) is 56.5 Å². The second-order valence-electron chi connectivity index (χ2n) is 10.0. The summed E-state index contributed by atoms with van der Waals surface area (Å²) in [5.74, 6) is -1.02. The molecule has 1 fully saturated rings. The van der Waals surface area contributed by atoms with Crippen LogP contribution in [0.25, 0.3) is 0 Å². The molecule has 7 heteroatoms. The van der Waals surface area contributed by atoms with Gasteiger partial charge in [-0.3, -0.25) is 9.59 Å². The maximum Gasteiger partial charge on any atom is 0.316 e. The number of allylic oxidation sites excluding steroid dienone is 2. The number of hydrogen-bond acceptors (Lipinski definition) is 6. The summed E-state index contributed by atoms with van der Waals surface area (Å²) in [7, 11) is 3.17. The quantitative estimate of drug-likeness (QED) is 0.519. The first kappa shape index (κ1) is 25.1. The fourth-order valence-electron chi connectivity index (χ4n) is 5.94. The third-order valence-electron chi connectivity index (χ3n) is 7.79. The van der Waals surface area contributed by atoms with Crippen molar-refractivity contribution in [3.05, 3.63) is 83.0 Å². The standard InChI is InChI=1S/C30H32FNO5/c1-17-27(30(34)37-22-6-4-5-7-22)28(18-8-11-21(31)12-9-18)29-23(32-17)14-20(15-24(29)33)19-10-13-25(35-2)26(16-19)36-3/h8-13,16,20,22,27-28,32H,1,4-7,14-15H2,2-3H3. The number of methoxy groups -OCH3 is 2. The van der Waals surface area contributed by atoms with Crippen LogP contribution in [0, 0.1) is 11.7 Å². The molecule has 1 aliphatic heterocycles. The van der Waals surface area contributed by atoms with E-state index in [1.54, 1.807) is 26.4 Å². The summed E-state index contributed by atoms with van der Waals surface area (Å²) >= 11 is 0. The van der Waals surface area contributed by atoms with E-state index in [4.69, 9.17) is 14.2 Å². The predicted octanol–water partition coefficient (Wildman–Crippen LogP) is 5.55.